The highest BCUT2D eigenvalue weighted by Crippen LogP contribution is 2.42. The van der Waals surface area contributed by atoms with Crippen molar-refractivity contribution in [3.63, 3.8) is 0 Å². The molecule has 0 radical (unpaired) electrons. The molecule has 10 nitrogen and oxygen atoms in total. The molecule has 46 heavy (non-hydrogen) atoms. The maximum Gasteiger partial charge on any atom is 0.315 e. The Morgan fingerprint density at radius 1 is 1.09 bits per heavy atom. The van der Waals surface area contributed by atoms with E-state index in [9.17, 15) is 9.59 Å². The number of benzene rings is 2. The number of hydrogen-bond donors (Lipinski definition) is 3. The number of hydrogen-bond acceptors (Lipinski definition) is 7. The molecule has 3 aromatic rings. The summed E-state index contributed by atoms with van der Waals surface area (Å²) in [6.45, 7) is 2.40. The van der Waals surface area contributed by atoms with Gasteiger partial charge in [0.15, 0.2) is 35.7 Å². The number of carbonyl (C=O) groups excluding carboxylic acids is 2. The Labute approximate surface area is 279 Å². The maximum absolute atomic E-state index is 12.3. The van der Waals surface area contributed by atoms with Crippen molar-refractivity contribution in [1.82, 2.24) is 16.0 Å². The van der Waals surface area contributed by atoms with Crippen LogP contribution in [0.5, 0.6) is 23.0 Å². The topological polar surface area (TPSA) is 111 Å². The molecule has 2 aromatic carbocycles. The van der Waals surface area contributed by atoms with Gasteiger partial charge in [-0.2, -0.15) is 16.3 Å². The zero-order chi connectivity index (χ0) is 30.8. The van der Waals surface area contributed by atoms with Crippen LogP contribution in [-0.4, -0.2) is 62.1 Å². The van der Waals surface area contributed by atoms with Crippen LogP contribution in [-0.2, 0) is 17.8 Å². The van der Waals surface area contributed by atoms with E-state index < -0.39 is 0 Å². The summed E-state index contributed by atoms with van der Waals surface area (Å²) in [6, 6.07) is 10.9. The Balaban J connectivity index is 0.00000372. The number of fused-ring (bicyclic) bond motifs is 6. The minimum absolute atomic E-state index is 0. The molecule has 0 bridgehead atoms. The summed E-state index contributed by atoms with van der Waals surface area (Å²) >= 11 is 1.92. The van der Waals surface area contributed by atoms with E-state index in [-0.39, 0.29) is 43.2 Å². The predicted octanol–water partition coefficient (Wildman–Crippen LogP) is 1.48. The van der Waals surface area contributed by atoms with Gasteiger partial charge >= 0.3 is 6.03 Å². The van der Waals surface area contributed by atoms with Gasteiger partial charge in [-0.15, -0.1) is 0 Å². The van der Waals surface area contributed by atoms with E-state index in [0.717, 1.165) is 96.7 Å². The van der Waals surface area contributed by atoms with Gasteiger partial charge in [-0.05, 0) is 67.3 Å². The fraction of sp³-hybridized carbons (Fsp3) is 0.500. The molecule has 3 N–H and O–H groups in total. The molecule has 2 fully saturated rings. The molecule has 12 heteroatoms. The van der Waals surface area contributed by atoms with Crippen LogP contribution in [0.3, 0.4) is 0 Å². The third-order valence-corrected chi connectivity index (χ3v) is 10.8. The van der Waals surface area contributed by atoms with Gasteiger partial charge in [-0.1, -0.05) is 6.42 Å². The lowest BCUT2D eigenvalue weighted by atomic mass is 9.95. The first-order chi connectivity index (χ1) is 22.1. The predicted molar refractivity (Wildman–Crippen MR) is 172 cm³/mol. The number of carbonyl (C=O) groups is 2. The fourth-order valence-electron chi connectivity index (χ4n) is 6.88. The Bertz CT molecular complexity index is 1610. The zero-order valence-corrected chi connectivity index (χ0v) is 27.6. The molecular formula is C34H41ClN4O6S. The zero-order valence-electron chi connectivity index (χ0n) is 26.1. The first-order valence-corrected chi connectivity index (χ1v) is 17.2. The number of amides is 3. The number of urea groups is 1. The van der Waals surface area contributed by atoms with Crippen LogP contribution >= 0.6 is 11.8 Å². The van der Waals surface area contributed by atoms with Crippen molar-refractivity contribution in [3.05, 3.63) is 42.1 Å². The first-order valence-electron chi connectivity index (χ1n) is 16.1. The standard InChI is InChI=1S/C34H40N4O6S.ClH/c1-41-27-10-9-21-15-26-23-17-29-28(43-20-44-29)16-22(23)11-13-38(26)18-24(21)33(27)42-14-6-2-5-12-35-31(39)8-4-3-7-30-32-25(19-45-30)36-34(40)37-32;/h9-10,15-18,25,30,32H,2-8,11-14,19-20H2,1H3,(H2-,35,36,37,39,40);1H/t25-,30-,32-;/m0./s1. The third kappa shape index (κ3) is 6.76. The second-order valence-electron chi connectivity index (χ2n) is 12.2. The first kappa shape index (κ1) is 32.4. The molecule has 7 rings (SSSR count). The largest absolute Gasteiger partial charge is 1.00 e. The van der Waals surface area contributed by atoms with Gasteiger partial charge < -0.3 is 47.3 Å². The summed E-state index contributed by atoms with van der Waals surface area (Å²) in [5.74, 6) is 4.22. The Morgan fingerprint density at radius 2 is 1.96 bits per heavy atom. The molecule has 0 spiro atoms. The monoisotopic (exact) mass is 668 g/mol. The van der Waals surface area contributed by atoms with E-state index in [0.29, 0.717) is 24.8 Å². The van der Waals surface area contributed by atoms with Crippen molar-refractivity contribution in [2.45, 2.75) is 75.2 Å². The number of pyridine rings is 1. The second-order valence-corrected chi connectivity index (χ2v) is 13.5. The molecule has 246 valence electrons. The average Bonchev–Trinajstić information content (AvgIpc) is 3.76. The number of aromatic nitrogens is 1. The fourth-order valence-corrected chi connectivity index (χ4v) is 8.42. The Morgan fingerprint density at radius 3 is 2.83 bits per heavy atom. The van der Waals surface area contributed by atoms with E-state index in [1.165, 1.54) is 11.1 Å². The summed E-state index contributed by atoms with van der Waals surface area (Å²) < 4.78 is 25.6. The lowest BCUT2D eigenvalue weighted by Crippen LogP contribution is -3.00. The van der Waals surface area contributed by atoms with Crippen LogP contribution in [0.15, 0.2) is 36.5 Å². The van der Waals surface area contributed by atoms with Gasteiger partial charge in [0.05, 0.1) is 36.8 Å². The number of rotatable bonds is 13. The van der Waals surface area contributed by atoms with Crippen LogP contribution in [0, 0.1) is 0 Å². The minimum atomic E-state index is -0.0472. The van der Waals surface area contributed by atoms with E-state index in [1.54, 1.807) is 7.11 Å². The van der Waals surface area contributed by atoms with Crippen molar-refractivity contribution in [2.24, 2.45) is 0 Å². The van der Waals surface area contributed by atoms with Crippen molar-refractivity contribution in [3.8, 4) is 34.3 Å². The number of halogens is 1. The molecule has 4 aliphatic rings. The van der Waals surface area contributed by atoms with Gasteiger partial charge in [0.1, 0.15) is 0 Å². The number of aryl methyl sites for hydroxylation is 2. The van der Waals surface area contributed by atoms with Gasteiger partial charge in [0, 0.05) is 36.5 Å². The highest BCUT2D eigenvalue weighted by molar-refractivity contribution is 8.00. The van der Waals surface area contributed by atoms with E-state index in [1.807, 2.05) is 17.8 Å². The molecule has 0 saturated carbocycles. The molecule has 1 aromatic heterocycles. The molecular weight excluding hydrogens is 628 g/mol. The summed E-state index contributed by atoms with van der Waals surface area (Å²) in [7, 11) is 1.68. The Hall–Kier alpha value is -3.57. The van der Waals surface area contributed by atoms with Crippen molar-refractivity contribution >= 4 is 34.5 Å². The van der Waals surface area contributed by atoms with E-state index in [4.69, 9.17) is 18.9 Å². The van der Waals surface area contributed by atoms with Crippen LogP contribution < -0.4 is 51.9 Å². The lowest BCUT2D eigenvalue weighted by Gasteiger charge is -2.18. The smallest absolute Gasteiger partial charge is 0.315 e. The second kappa shape index (κ2) is 14.5. The van der Waals surface area contributed by atoms with Crippen LogP contribution in [0.2, 0.25) is 0 Å². The molecule has 0 unspecified atom stereocenters. The molecule has 2 saturated heterocycles. The average molecular weight is 669 g/mol. The number of unbranched alkanes of at least 4 members (excludes halogenated alkanes) is 3. The van der Waals surface area contributed by atoms with Gasteiger partial charge in [-0.3, -0.25) is 4.79 Å². The summed E-state index contributed by atoms with van der Waals surface area (Å²) in [4.78, 5) is 23.9. The van der Waals surface area contributed by atoms with Crippen molar-refractivity contribution in [2.75, 3.05) is 32.8 Å². The van der Waals surface area contributed by atoms with E-state index in [2.05, 4.69) is 51.0 Å². The van der Waals surface area contributed by atoms with Crippen LogP contribution in [0.25, 0.3) is 22.0 Å². The summed E-state index contributed by atoms with van der Waals surface area (Å²) in [5, 5.41) is 11.7. The van der Waals surface area contributed by atoms with Crippen LogP contribution in [0.1, 0.15) is 50.5 Å². The lowest BCUT2D eigenvalue weighted by molar-refractivity contribution is -0.686. The number of nitrogens with one attached hydrogen (secondary N) is 3. The van der Waals surface area contributed by atoms with Crippen molar-refractivity contribution < 1.29 is 45.5 Å². The third-order valence-electron chi connectivity index (χ3n) is 9.27. The van der Waals surface area contributed by atoms with Gasteiger partial charge in [0.2, 0.25) is 18.4 Å². The minimum Gasteiger partial charge on any atom is -1.00 e. The number of methoxy groups -OCH3 is 1. The normalized spacial score (nSPS) is 20.2. The molecule has 4 aliphatic heterocycles. The highest BCUT2D eigenvalue weighted by Gasteiger charge is 2.42. The number of thioether (sulfide) groups is 1. The quantitative estimate of drug-likeness (QED) is 0.144. The van der Waals surface area contributed by atoms with E-state index >= 15 is 0 Å². The molecule has 5 heterocycles. The summed E-state index contributed by atoms with van der Waals surface area (Å²) in [6.07, 6.45) is 9.33. The molecule has 0 aliphatic carbocycles. The molecule has 3 atom stereocenters. The van der Waals surface area contributed by atoms with Gasteiger partial charge in [-0.25, -0.2) is 4.79 Å². The maximum atomic E-state index is 12.3. The van der Waals surface area contributed by atoms with Crippen molar-refractivity contribution in [1.29, 1.82) is 0 Å². The van der Waals surface area contributed by atoms with Crippen LogP contribution in [0.4, 0.5) is 4.79 Å². The number of ether oxygens (including phenoxy) is 4. The molecule has 3 amide bonds. The summed E-state index contributed by atoms with van der Waals surface area (Å²) in [5.41, 5.74) is 3.61. The SMILES string of the molecule is COc1ccc2cc3[n+](cc2c1OCCCCCNC(=O)CCCC[C@@H]1SC[C@@H]2NC(=O)N[C@@H]21)CCc1cc2c(cc1-3)OCO2.[Cl-]. The van der Waals surface area contributed by atoms with Gasteiger partial charge in [0.25, 0.3) is 0 Å². The number of nitrogens with zero attached hydrogens (tertiary/aromatic N) is 1. The Kier molecular flexibility index (Phi) is 10.2. The highest BCUT2D eigenvalue weighted by atomic mass is 35.5.